The van der Waals surface area contributed by atoms with E-state index >= 15 is 0 Å². The first-order valence-electron chi connectivity index (χ1n) is 4.59. The number of nitrogens with one attached hydrogen (secondary N) is 1. The second-order valence-electron chi connectivity index (χ2n) is 3.25. The van der Waals surface area contributed by atoms with Gasteiger partial charge in [0, 0.05) is 13.5 Å². The molecule has 0 saturated carbocycles. The number of alkyl halides is 3. The van der Waals surface area contributed by atoms with Crippen LogP contribution in [-0.2, 0) is 13.6 Å². The minimum atomic E-state index is -4.06. The zero-order chi connectivity index (χ0) is 11.3. The van der Waals surface area contributed by atoms with E-state index < -0.39 is 12.6 Å². The molecule has 1 rings (SSSR count). The summed E-state index contributed by atoms with van der Waals surface area (Å²) in [5.41, 5.74) is 0. The van der Waals surface area contributed by atoms with Gasteiger partial charge >= 0.3 is 6.18 Å². The first kappa shape index (κ1) is 12.0. The van der Waals surface area contributed by atoms with E-state index in [-0.39, 0.29) is 6.42 Å². The highest BCUT2D eigenvalue weighted by atomic mass is 19.4. The van der Waals surface area contributed by atoms with Gasteiger partial charge in [0.25, 0.3) is 0 Å². The molecule has 1 N–H and O–H groups in total. The molecule has 0 atom stereocenters. The highest BCUT2D eigenvalue weighted by molar-refractivity contribution is 4.82. The van der Waals surface area contributed by atoms with Gasteiger partial charge in [0.15, 0.2) is 0 Å². The van der Waals surface area contributed by atoms with Gasteiger partial charge in [-0.2, -0.15) is 13.2 Å². The molecule has 0 saturated heterocycles. The summed E-state index contributed by atoms with van der Waals surface area (Å²) in [5, 5.41) is 10.3. The molecule has 0 fully saturated rings. The third-order valence-corrected chi connectivity index (χ3v) is 1.90. The topological polar surface area (TPSA) is 42.7 Å². The van der Waals surface area contributed by atoms with Gasteiger partial charge in [0.1, 0.15) is 12.2 Å². The number of halogens is 3. The fourth-order valence-electron chi connectivity index (χ4n) is 1.08. The van der Waals surface area contributed by atoms with Crippen LogP contribution in [0.4, 0.5) is 13.2 Å². The second-order valence-corrected chi connectivity index (χ2v) is 3.25. The van der Waals surface area contributed by atoms with Gasteiger partial charge in [-0.1, -0.05) is 0 Å². The van der Waals surface area contributed by atoms with Gasteiger partial charge in [-0.25, -0.2) is 0 Å². The van der Waals surface area contributed by atoms with Crippen molar-refractivity contribution in [1.29, 1.82) is 0 Å². The lowest BCUT2D eigenvalue weighted by Crippen LogP contribution is -2.19. The summed E-state index contributed by atoms with van der Waals surface area (Å²) < 4.78 is 37.0. The van der Waals surface area contributed by atoms with Crippen LogP contribution >= 0.6 is 0 Å². The molecule has 0 amide bonds. The highest BCUT2D eigenvalue weighted by Gasteiger charge is 2.25. The maximum absolute atomic E-state index is 11.8. The Morgan fingerprint density at radius 1 is 1.47 bits per heavy atom. The first-order valence-corrected chi connectivity index (χ1v) is 4.59. The van der Waals surface area contributed by atoms with E-state index in [9.17, 15) is 13.2 Å². The van der Waals surface area contributed by atoms with Gasteiger partial charge in [-0.15, -0.1) is 10.2 Å². The van der Waals surface area contributed by atoms with E-state index in [1.54, 1.807) is 17.9 Å². The Morgan fingerprint density at radius 3 is 2.73 bits per heavy atom. The fourth-order valence-corrected chi connectivity index (χ4v) is 1.08. The van der Waals surface area contributed by atoms with Gasteiger partial charge in [0.2, 0.25) is 0 Å². The maximum atomic E-state index is 11.8. The van der Waals surface area contributed by atoms with Crippen molar-refractivity contribution in [2.75, 3.05) is 6.54 Å². The minimum Gasteiger partial charge on any atom is -0.320 e. The fraction of sp³-hybridized carbons (Fsp3) is 0.750. The van der Waals surface area contributed by atoms with Crippen LogP contribution in [0.3, 0.4) is 0 Å². The van der Waals surface area contributed by atoms with Crippen molar-refractivity contribution < 1.29 is 13.2 Å². The summed E-state index contributed by atoms with van der Waals surface area (Å²) >= 11 is 0. The Balaban J connectivity index is 2.10. The van der Waals surface area contributed by atoms with E-state index in [0.29, 0.717) is 18.9 Å². The van der Waals surface area contributed by atoms with Crippen LogP contribution in [0.2, 0.25) is 0 Å². The zero-order valence-corrected chi connectivity index (χ0v) is 8.38. The third-order valence-electron chi connectivity index (χ3n) is 1.90. The number of rotatable bonds is 5. The summed E-state index contributed by atoms with van der Waals surface area (Å²) in [6.07, 6.45) is -3.18. The second kappa shape index (κ2) is 5.11. The maximum Gasteiger partial charge on any atom is 0.389 e. The minimum absolute atomic E-state index is 0.0847. The Labute approximate surface area is 85.5 Å². The molecule has 0 aliphatic heterocycles. The predicted molar refractivity (Wildman–Crippen MR) is 48.0 cm³/mol. The number of hydrogen-bond donors (Lipinski definition) is 1. The monoisotopic (exact) mass is 222 g/mol. The summed E-state index contributed by atoms with van der Waals surface area (Å²) in [7, 11) is 1.78. The Bertz CT molecular complexity index is 294. The highest BCUT2D eigenvalue weighted by Crippen LogP contribution is 2.20. The van der Waals surface area contributed by atoms with Gasteiger partial charge in [-0.3, -0.25) is 0 Å². The molecule has 1 heterocycles. The largest absolute Gasteiger partial charge is 0.389 e. The molecule has 4 nitrogen and oxygen atoms in total. The molecule has 86 valence electrons. The van der Waals surface area contributed by atoms with E-state index in [1.807, 2.05) is 0 Å². The summed E-state index contributed by atoms with van der Waals surface area (Å²) in [6, 6.07) is 0. The Kier molecular flexibility index (Phi) is 4.07. The molecular formula is C8H13F3N4. The zero-order valence-electron chi connectivity index (χ0n) is 8.38. The summed E-state index contributed by atoms with van der Waals surface area (Å²) in [6.45, 7) is 0.765. The average molecular weight is 222 g/mol. The van der Waals surface area contributed by atoms with E-state index in [4.69, 9.17) is 0 Å². The Morgan fingerprint density at radius 2 is 2.20 bits per heavy atom. The van der Waals surface area contributed by atoms with Crippen molar-refractivity contribution >= 4 is 0 Å². The van der Waals surface area contributed by atoms with Crippen LogP contribution in [-0.4, -0.2) is 27.5 Å². The molecule has 1 aromatic heterocycles. The van der Waals surface area contributed by atoms with Crippen LogP contribution in [0.15, 0.2) is 6.33 Å². The van der Waals surface area contributed by atoms with Gasteiger partial charge in [-0.05, 0) is 13.0 Å². The molecule has 0 bridgehead atoms. The molecule has 0 radical (unpaired) electrons. The summed E-state index contributed by atoms with van der Waals surface area (Å²) in [4.78, 5) is 0. The number of aromatic nitrogens is 3. The van der Waals surface area contributed by atoms with Crippen LogP contribution < -0.4 is 5.32 Å². The molecule has 1 aromatic rings. The van der Waals surface area contributed by atoms with Crippen LogP contribution in [0.5, 0.6) is 0 Å². The van der Waals surface area contributed by atoms with E-state index in [1.165, 1.54) is 0 Å². The lowest BCUT2D eigenvalue weighted by atomic mass is 10.3. The molecular weight excluding hydrogens is 209 g/mol. The number of aryl methyl sites for hydroxylation is 1. The van der Waals surface area contributed by atoms with Crippen molar-refractivity contribution in [3.63, 3.8) is 0 Å². The molecule has 0 aromatic carbocycles. The molecule has 0 aliphatic carbocycles. The van der Waals surface area contributed by atoms with Crippen LogP contribution in [0, 0.1) is 0 Å². The van der Waals surface area contributed by atoms with Crippen molar-refractivity contribution in [3.8, 4) is 0 Å². The Hall–Kier alpha value is -1.11. The molecule has 0 aliphatic rings. The number of hydrogen-bond acceptors (Lipinski definition) is 3. The van der Waals surface area contributed by atoms with Crippen LogP contribution in [0.1, 0.15) is 18.7 Å². The SMILES string of the molecule is Cn1cnnc1CNCCCC(F)(F)F. The molecule has 0 unspecified atom stereocenters. The molecule has 0 spiro atoms. The van der Waals surface area contributed by atoms with Crippen molar-refractivity contribution in [3.05, 3.63) is 12.2 Å². The standard InChI is InChI=1S/C8H13F3N4/c1-15-6-13-14-7(15)5-12-4-2-3-8(9,10)11/h6,12H,2-5H2,1H3. The summed E-state index contributed by atoms with van der Waals surface area (Å²) in [5.74, 6) is 0.710. The molecule has 7 heteroatoms. The van der Waals surface area contributed by atoms with Gasteiger partial charge in [0.05, 0.1) is 6.54 Å². The van der Waals surface area contributed by atoms with E-state index in [0.717, 1.165) is 0 Å². The lowest BCUT2D eigenvalue weighted by Gasteiger charge is -2.06. The third kappa shape index (κ3) is 4.78. The lowest BCUT2D eigenvalue weighted by molar-refractivity contribution is -0.135. The van der Waals surface area contributed by atoms with Gasteiger partial charge < -0.3 is 9.88 Å². The van der Waals surface area contributed by atoms with E-state index in [2.05, 4.69) is 15.5 Å². The first-order chi connectivity index (χ1) is 6.99. The smallest absolute Gasteiger partial charge is 0.320 e. The average Bonchev–Trinajstić information content (AvgIpc) is 2.49. The normalized spacial score (nSPS) is 12.0. The number of nitrogens with zero attached hydrogens (tertiary/aromatic N) is 3. The van der Waals surface area contributed by atoms with Crippen molar-refractivity contribution in [2.45, 2.75) is 25.6 Å². The van der Waals surface area contributed by atoms with Crippen molar-refractivity contribution in [2.24, 2.45) is 7.05 Å². The van der Waals surface area contributed by atoms with Crippen LogP contribution in [0.25, 0.3) is 0 Å². The molecule has 15 heavy (non-hydrogen) atoms. The van der Waals surface area contributed by atoms with Crippen molar-refractivity contribution in [1.82, 2.24) is 20.1 Å². The predicted octanol–water partition coefficient (Wildman–Crippen LogP) is 1.25. The quantitative estimate of drug-likeness (QED) is 0.762.